The molecular formula is C13H24N2. The van der Waals surface area contributed by atoms with Gasteiger partial charge in [-0.1, -0.05) is 25.0 Å². The molecule has 0 aliphatic carbocycles. The number of allylic oxidation sites excluding steroid dienone is 2. The molecule has 0 unspecified atom stereocenters. The highest BCUT2D eigenvalue weighted by atomic mass is 15.1. The highest BCUT2D eigenvalue weighted by Gasteiger charge is 1.97. The summed E-state index contributed by atoms with van der Waals surface area (Å²) in [6.07, 6.45) is 6.22. The van der Waals surface area contributed by atoms with Crippen molar-refractivity contribution in [3.05, 3.63) is 23.4 Å². The molecule has 0 aromatic rings. The Morgan fingerprint density at radius 2 is 1.60 bits per heavy atom. The van der Waals surface area contributed by atoms with Gasteiger partial charge in [-0.25, -0.2) is 4.99 Å². The zero-order chi connectivity index (χ0) is 11.8. The lowest BCUT2D eigenvalue weighted by Crippen LogP contribution is -2.19. The lowest BCUT2D eigenvalue weighted by molar-refractivity contribution is 0.625. The number of amidine groups is 1. The first-order valence-corrected chi connectivity index (χ1v) is 5.59. The van der Waals surface area contributed by atoms with Crippen molar-refractivity contribution in [2.24, 2.45) is 4.99 Å². The van der Waals surface area contributed by atoms with Crippen LogP contribution in [0.2, 0.25) is 0 Å². The summed E-state index contributed by atoms with van der Waals surface area (Å²) >= 11 is 0. The number of hydrogen-bond acceptors (Lipinski definition) is 1. The Labute approximate surface area is 94.4 Å². The van der Waals surface area contributed by atoms with E-state index in [0.717, 1.165) is 18.7 Å². The summed E-state index contributed by atoms with van der Waals surface area (Å²) in [5.74, 6) is 1.02. The molecule has 0 aromatic heterocycles. The SMILES string of the molecule is CC/C(C)=C/N=C(/C=C(\C)CC)N(C)C. The summed E-state index contributed by atoms with van der Waals surface area (Å²) in [5.41, 5.74) is 2.65. The van der Waals surface area contributed by atoms with E-state index in [0.29, 0.717) is 0 Å². The van der Waals surface area contributed by atoms with E-state index in [1.807, 2.05) is 25.2 Å². The van der Waals surface area contributed by atoms with E-state index in [2.05, 4.69) is 38.8 Å². The van der Waals surface area contributed by atoms with Crippen molar-refractivity contribution in [3.63, 3.8) is 0 Å². The van der Waals surface area contributed by atoms with Crippen LogP contribution in [0.15, 0.2) is 28.4 Å². The van der Waals surface area contributed by atoms with E-state index in [-0.39, 0.29) is 0 Å². The summed E-state index contributed by atoms with van der Waals surface area (Å²) in [4.78, 5) is 6.53. The molecule has 2 heteroatoms. The Bertz CT molecular complexity index is 270. The summed E-state index contributed by atoms with van der Waals surface area (Å²) in [6.45, 7) is 8.54. The predicted octanol–water partition coefficient (Wildman–Crippen LogP) is 3.62. The fraction of sp³-hybridized carbons (Fsp3) is 0.615. The molecule has 0 bridgehead atoms. The smallest absolute Gasteiger partial charge is 0.127 e. The third kappa shape index (κ3) is 6.10. The van der Waals surface area contributed by atoms with Crippen LogP contribution in [0.3, 0.4) is 0 Å². The molecule has 0 spiro atoms. The van der Waals surface area contributed by atoms with Crippen LogP contribution in [0.25, 0.3) is 0 Å². The lowest BCUT2D eigenvalue weighted by Gasteiger charge is -2.12. The first-order valence-electron chi connectivity index (χ1n) is 5.59. The second kappa shape index (κ2) is 7.27. The van der Waals surface area contributed by atoms with Gasteiger partial charge in [-0.3, -0.25) is 0 Å². The highest BCUT2D eigenvalue weighted by molar-refractivity contribution is 5.93. The Hall–Kier alpha value is -1.05. The van der Waals surface area contributed by atoms with Crippen LogP contribution in [0.4, 0.5) is 0 Å². The molecule has 0 N–H and O–H groups in total. The minimum atomic E-state index is 1.02. The van der Waals surface area contributed by atoms with Gasteiger partial charge in [0, 0.05) is 20.3 Å². The topological polar surface area (TPSA) is 15.6 Å². The third-order valence-electron chi connectivity index (χ3n) is 2.37. The molecule has 0 fully saturated rings. The van der Waals surface area contributed by atoms with Crippen molar-refractivity contribution in [1.82, 2.24) is 4.90 Å². The Kier molecular flexibility index (Phi) is 6.76. The maximum atomic E-state index is 4.49. The molecule has 86 valence electrons. The molecule has 0 rings (SSSR count). The molecule has 0 amide bonds. The van der Waals surface area contributed by atoms with Gasteiger partial charge in [0.15, 0.2) is 0 Å². The molecule has 0 aromatic carbocycles. The van der Waals surface area contributed by atoms with Gasteiger partial charge in [0.2, 0.25) is 0 Å². The van der Waals surface area contributed by atoms with E-state index >= 15 is 0 Å². The predicted molar refractivity (Wildman–Crippen MR) is 69.2 cm³/mol. The summed E-state index contributed by atoms with van der Waals surface area (Å²) in [6, 6.07) is 0. The normalized spacial score (nSPS) is 14.4. The standard InChI is InChI=1S/C13H24N2/c1-7-11(3)9-13(15(5)6)14-10-12(4)8-2/h9-10H,7-8H2,1-6H3/b11-9+,12-10+,14-13-. The highest BCUT2D eigenvalue weighted by Crippen LogP contribution is 2.03. The largest absolute Gasteiger partial charge is 0.363 e. The van der Waals surface area contributed by atoms with Crippen molar-refractivity contribution in [1.29, 1.82) is 0 Å². The number of rotatable bonds is 4. The van der Waals surface area contributed by atoms with Crippen molar-refractivity contribution in [3.8, 4) is 0 Å². The van der Waals surface area contributed by atoms with Gasteiger partial charge in [-0.15, -0.1) is 0 Å². The van der Waals surface area contributed by atoms with Gasteiger partial charge in [0.25, 0.3) is 0 Å². The summed E-state index contributed by atoms with van der Waals surface area (Å²) in [5, 5.41) is 0. The Morgan fingerprint density at radius 3 is 2.00 bits per heavy atom. The van der Waals surface area contributed by atoms with Crippen LogP contribution in [0, 0.1) is 0 Å². The van der Waals surface area contributed by atoms with E-state index in [9.17, 15) is 0 Å². The molecule has 0 radical (unpaired) electrons. The Balaban J connectivity index is 4.83. The molecule has 0 aliphatic rings. The van der Waals surface area contributed by atoms with Crippen molar-refractivity contribution in [2.45, 2.75) is 40.5 Å². The van der Waals surface area contributed by atoms with Crippen LogP contribution >= 0.6 is 0 Å². The van der Waals surface area contributed by atoms with Crippen molar-refractivity contribution in [2.75, 3.05) is 14.1 Å². The quantitative estimate of drug-likeness (QED) is 0.509. The second-order valence-electron chi connectivity index (χ2n) is 4.05. The van der Waals surface area contributed by atoms with Gasteiger partial charge < -0.3 is 4.90 Å². The molecule has 0 atom stereocenters. The summed E-state index contributed by atoms with van der Waals surface area (Å²) < 4.78 is 0. The molecular weight excluding hydrogens is 184 g/mol. The zero-order valence-corrected chi connectivity index (χ0v) is 11.0. The van der Waals surface area contributed by atoms with Gasteiger partial charge in [-0.05, 0) is 32.8 Å². The number of nitrogens with zero attached hydrogens (tertiary/aromatic N) is 2. The molecule has 2 nitrogen and oxygen atoms in total. The number of aliphatic imine (C=N–C) groups is 1. The fourth-order valence-electron chi connectivity index (χ4n) is 0.872. The van der Waals surface area contributed by atoms with Gasteiger partial charge in [0.1, 0.15) is 5.84 Å². The van der Waals surface area contributed by atoms with E-state index < -0.39 is 0 Å². The van der Waals surface area contributed by atoms with Gasteiger partial charge in [-0.2, -0.15) is 0 Å². The van der Waals surface area contributed by atoms with E-state index in [4.69, 9.17) is 0 Å². The molecule has 0 saturated heterocycles. The van der Waals surface area contributed by atoms with Gasteiger partial charge >= 0.3 is 0 Å². The minimum absolute atomic E-state index is 1.02. The van der Waals surface area contributed by atoms with Crippen molar-refractivity contribution < 1.29 is 0 Å². The first kappa shape index (κ1) is 13.9. The van der Waals surface area contributed by atoms with E-state index in [1.54, 1.807) is 0 Å². The van der Waals surface area contributed by atoms with Crippen molar-refractivity contribution >= 4 is 5.84 Å². The average Bonchev–Trinajstić information content (AvgIpc) is 2.22. The van der Waals surface area contributed by atoms with Crippen LogP contribution in [-0.4, -0.2) is 24.8 Å². The second-order valence-corrected chi connectivity index (χ2v) is 4.05. The zero-order valence-electron chi connectivity index (χ0n) is 11.0. The molecule has 0 heterocycles. The Morgan fingerprint density at radius 1 is 1.07 bits per heavy atom. The third-order valence-corrected chi connectivity index (χ3v) is 2.37. The molecule has 15 heavy (non-hydrogen) atoms. The van der Waals surface area contributed by atoms with Crippen LogP contribution in [-0.2, 0) is 0 Å². The number of hydrogen-bond donors (Lipinski definition) is 0. The maximum absolute atomic E-state index is 4.49. The van der Waals surface area contributed by atoms with E-state index in [1.165, 1.54) is 11.1 Å². The van der Waals surface area contributed by atoms with Crippen LogP contribution in [0.5, 0.6) is 0 Å². The molecule has 0 saturated carbocycles. The lowest BCUT2D eigenvalue weighted by atomic mass is 10.2. The fourth-order valence-corrected chi connectivity index (χ4v) is 0.872. The monoisotopic (exact) mass is 208 g/mol. The number of likely N-dealkylation sites (N-methyl/N-ethyl adjacent to an activating group) is 1. The minimum Gasteiger partial charge on any atom is -0.363 e. The molecule has 0 aliphatic heterocycles. The average molecular weight is 208 g/mol. The van der Waals surface area contributed by atoms with Crippen LogP contribution in [0.1, 0.15) is 40.5 Å². The first-order chi connectivity index (χ1) is 7.01. The van der Waals surface area contributed by atoms with Gasteiger partial charge in [0.05, 0.1) is 0 Å². The van der Waals surface area contributed by atoms with Crippen LogP contribution < -0.4 is 0 Å². The summed E-state index contributed by atoms with van der Waals surface area (Å²) in [7, 11) is 4.04. The maximum Gasteiger partial charge on any atom is 0.127 e.